The van der Waals surface area contributed by atoms with E-state index in [1.807, 2.05) is 31.2 Å². The van der Waals surface area contributed by atoms with Crippen molar-refractivity contribution in [3.63, 3.8) is 0 Å². The smallest absolute Gasteiger partial charge is 0.262 e. The number of aryl methyl sites for hydroxylation is 1. The van der Waals surface area contributed by atoms with Gasteiger partial charge < -0.3 is 14.7 Å². The van der Waals surface area contributed by atoms with Crippen molar-refractivity contribution in [3.8, 4) is 5.75 Å². The van der Waals surface area contributed by atoms with Gasteiger partial charge in [0.05, 0.1) is 27.6 Å². The molecule has 8 heteroatoms. The second-order valence-corrected chi connectivity index (χ2v) is 18.1. The van der Waals surface area contributed by atoms with Crippen LogP contribution in [-0.4, -0.2) is 51.6 Å². The highest BCUT2D eigenvalue weighted by atomic mass is 35.5. The van der Waals surface area contributed by atoms with Crippen LogP contribution in [0.5, 0.6) is 5.75 Å². The standard InChI is InChI=1S/C40H49ClN2O4S/c1-27-9-7-20-40(45,23-29-10-5-4-6-11-29)35-16-13-32(35)24-43-25-39(19-8-12-30-21-33(41)15-17-34(30)39)26-47-37-18-14-31(22-36(37)43)38(44)42-48(3,46)28(27)2/h4-6,10-11,14-15,17-18,21-22,27-28,32,35,45H,3,7-9,12-13,16,19-20,23-26H2,1-2H3,(H,42,44,46)/t27-,28+,32-,35+,39-,40-,48?/m0/s1. The fourth-order valence-electron chi connectivity index (χ4n) is 9.04. The van der Waals surface area contributed by atoms with Crippen molar-refractivity contribution in [1.29, 1.82) is 0 Å². The third-order valence-corrected chi connectivity index (χ3v) is 14.6. The Morgan fingerprint density at radius 3 is 2.62 bits per heavy atom. The van der Waals surface area contributed by atoms with Crippen LogP contribution in [0, 0.1) is 17.8 Å². The van der Waals surface area contributed by atoms with Gasteiger partial charge in [-0.2, -0.15) is 0 Å². The van der Waals surface area contributed by atoms with Gasteiger partial charge in [0.15, 0.2) is 0 Å². The van der Waals surface area contributed by atoms with Gasteiger partial charge in [0.25, 0.3) is 5.91 Å². The van der Waals surface area contributed by atoms with Crippen LogP contribution in [-0.2, 0) is 28.0 Å². The molecule has 7 rings (SSSR count). The first-order valence-electron chi connectivity index (χ1n) is 17.7. The highest BCUT2D eigenvalue weighted by Crippen LogP contribution is 2.49. The molecule has 48 heavy (non-hydrogen) atoms. The average Bonchev–Trinajstić information content (AvgIpc) is 3.19. The van der Waals surface area contributed by atoms with Crippen LogP contribution in [0.25, 0.3) is 0 Å². The van der Waals surface area contributed by atoms with Gasteiger partial charge in [0, 0.05) is 40.8 Å². The molecule has 4 aliphatic rings. The third kappa shape index (κ3) is 6.38. The van der Waals surface area contributed by atoms with Gasteiger partial charge in [0.2, 0.25) is 0 Å². The average molecular weight is 689 g/mol. The van der Waals surface area contributed by atoms with Gasteiger partial charge in [0.1, 0.15) is 5.75 Å². The summed E-state index contributed by atoms with van der Waals surface area (Å²) in [6, 6.07) is 22.2. The fourth-order valence-corrected chi connectivity index (χ4v) is 10.7. The van der Waals surface area contributed by atoms with Crippen LogP contribution in [0.4, 0.5) is 5.69 Å². The highest BCUT2D eigenvalue weighted by molar-refractivity contribution is 7.99. The maximum absolute atomic E-state index is 13.9. The number of carbonyl (C=O) groups excluding carboxylic acids is 1. The van der Waals surface area contributed by atoms with Gasteiger partial charge in [-0.3, -0.25) is 9.52 Å². The monoisotopic (exact) mass is 688 g/mol. The second kappa shape index (κ2) is 13.0. The molecule has 1 spiro atoms. The van der Waals surface area contributed by atoms with Gasteiger partial charge in [-0.25, -0.2) is 4.21 Å². The summed E-state index contributed by atoms with van der Waals surface area (Å²) in [7, 11) is -2.94. The van der Waals surface area contributed by atoms with Crippen molar-refractivity contribution in [3.05, 3.63) is 94.0 Å². The molecule has 7 atom stereocenters. The van der Waals surface area contributed by atoms with E-state index >= 15 is 0 Å². The van der Waals surface area contributed by atoms with Crippen molar-refractivity contribution in [2.45, 2.75) is 87.9 Å². The Hall–Kier alpha value is -3.00. The van der Waals surface area contributed by atoms with Gasteiger partial charge in [-0.15, -0.1) is 0 Å². The molecule has 3 aromatic rings. The number of anilines is 1. The van der Waals surface area contributed by atoms with Crippen LogP contribution in [0.1, 0.15) is 85.8 Å². The molecule has 2 heterocycles. The normalized spacial score (nSPS) is 33.8. The lowest BCUT2D eigenvalue weighted by molar-refractivity contribution is -0.0881. The zero-order valence-electron chi connectivity index (χ0n) is 28.3. The number of nitrogens with one attached hydrogen (secondary N) is 1. The Bertz CT molecular complexity index is 1780. The van der Waals surface area contributed by atoms with E-state index in [4.69, 9.17) is 16.3 Å². The van der Waals surface area contributed by atoms with E-state index < -0.39 is 15.3 Å². The number of ether oxygens (including phenoxy) is 1. The Kier molecular flexibility index (Phi) is 9.10. The molecule has 0 radical (unpaired) electrons. The van der Waals surface area contributed by atoms with E-state index in [1.54, 1.807) is 6.07 Å². The molecule has 2 N–H and O–H groups in total. The predicted octanol–water partition coefficient (Wildman–Crippen LogP) is 7.38. The molecule has 2 aliphatic heterocycles. The maximum atomic E-state index is 13.9. The van der Waals surface area contributed by atoms with Crippen molar-refractivity contribution in [2.24, 2.45) is 17.8 Å². The first-order chi connectivity index (χ1) is 23.0. The number of carbonyl (C=O) groups is 1. The fraction of sp³-hybridized carbons (Fsp3) is 0.500. The molecule has 6 nitrogen and oxygen atoms in total. The molecule has 2 aliphatic carbocycles. The minimum absolute atomic E-state index is 0.0572. The Balaban J connectivity index is 1.31. The van der Waals surface area contributed by atoms with E-state index in [9.17, 15) is 14.1 Å². The summed E-state index contributed by atoms with van der Waals surface area (Å²) in [5.41, 5.74) is 3.95. The minimum atomic E-state index is -2.94. The lowest BCUT2D eigenvalue weighted by Crippen LogP contribution is -2.54. The number of nitrogens with zero attached hydrogens (tertiary/aromatic N) is 1. The van der Waals surface area contributed by atoms with Crippen LogP contribution in [0.15, 0.2) is 66.7 Å². The van der Waals surface area contributed by atoms with E-state index in [-0.39, 0.29) is 34.3 Å². The molecule has 1 amide bonds. The van der Waals surface area contributed by atoms with Gasteiger partial charge in [-0.05, 0) is 123 Å². The number of amides is 1. The predicted molar refractivity (Wildman–Crippen MR) is 197 cm³/mol. The summed E-state index contributed by atoms with van der Waals surface area (Å²) >= 11 is 6.47. The molecule has 3 aromatic carbocycles. The lowest BCUT2D eigenvalue weighted by atomic mass is 9.61. The Labute approximate surface area is 291 Å². The zero-order chi connectivity index (χ0) is 33.7. The largest absolute Gasteiger partial charge is 0.490 e. The van der Waals surface area contributed by atoms with Crippen LogP contribution in [0.2, 0.25) is 5.02 Å². The molecular formula is C40H49ClN2O4S. The number of halogens is 1. The number of rotatable bonds is 2. The summed E-state index contributed by atoms with van der Waals surface area (Å²) < 4.78 is 23.4. The molecule has 1 saturated carbocycles. The Morgan fingerprint density at radius 2 is 1.85 bits per heavy atom. The SMILES string of the molecule is C=S1(=O)NC(=O)c2ccc3c(c2)N(C[C@@H]2CC[C@H]2[C@@](O)(Cc2ccccc2)CCC[C@H](C)[C@H]1C)C[C@@]1(CCCc2cc(Cl)ccc21)CO3. The number of fused-ring (bicyclic) bond motifs is 4. The summed E-state index contributed by atoms with van der Waals surface area (Å²) in [6.07, 6.45) is 7.96. The summed E-state index contributed by atoms with van der Waals surface area (Å²) in [5, 5.41) is 13.1. The van der Waals surface area contributed by atoms with Crippen molar-refractivity contribution < 1.29 is 18.8 Å². The second-order valence-electron chi connectivity index (χ2n) is 15.2. The molecule has 0 aromatic heterocycles. The van der Waals surface area contributed by atoms with Crippen LogP contribution < -0.4 is 14.4 Å². The molecule has 1 fully saturated rings. The summed E-state index contributed by atoms with van der Waals surface area (Å²) in [4.78, 5) is 16.1. The first kappa shape index (κ1) is 33.5. The third-order valence-electron chi connectivity index (χ3n) is 12.2. The number of hydrogen-bond acceptors (Lipinski definition) is 5. The van der Waals surface area contributed by atoms with E-state index in [0.29, 0.717) is 25.0 Å². The Morgan fingerprint density at radius 1 is 1.04 bits per heavy atom. The first-order valence-corrected chi connectivity index (χ1v) is 19.9. The molecular weight excluding hydrogens is 640 g/mol. The summed E-state index contributed by atoms with van der Waals surface area (Å²) in [6.45, 7) is 6.03. The van der Waals surface area contributed by atoms with Crippen LogP contribution >= 0.6 is 11.6 Å². The topological polar surface area (TPSA) is 78.9 Å². The highest BCUT2D eigenvalue weighted by Gasteiger charge is 2.48. The number of hydrogen-bond donors (Lipinski definition) is 2. The number of aliphatic hydroxyl groups is 1. The quantitative estimate of drug-likeness (QED) is 0.275. The van der Waals surface area contributed by atoms with Gasteiger partial charge in [-0.1, -0.05) is 61.3 Å². The molecule has 256 valence electrons. The molecule has 2 bridgehead atoms. The molecule has 0 saturated heterocycles. The van der Waals surface area contributed by atoms with E-state index in [1.165, 1.54) is 11.1 Å². The zero-order valence-corrected chi connectivity index (χ0v) is 29.8. The summed E-state index contributed by atoms with van der Waals surface area (Å²) in [5.74, 6) is 4.89. The van der Waals surface area contributed by atoms with Crippen molar-refractivity contribution in [1.82, 2.24) is 4.72 Å². The molecule has 1 unspecified atom stereocenters. The van der Waals surface area contributed by atoms with Crippen molar-refractivity contribution >= 4 is 38.8 Å². The van der Waals surface area contributed by atoms with Crippen molar-refractivity contribution in [2.75, 3.05) is 24.6 Å². The lowest BCUT2D eigenvalue weighted by Gasteiger charge is -2.50. The minimum Gasteiger partial charge on any atom is -0.490 e. The van der Waals surface area contributed by atoms with E-state index in [2.05, 4.69) is 58.8 Å². The maximum Gasteiger partial charge on any atom is 0.262 e. The van der Waals surface area contributed by atoms with Gasteiger partial charge >= 0.3 is 0 Å². The van der Waals surface area contributed by atoms with Crippen LogP contribution in [0.3, 0.4) is 0 Å². The number of benzene rings is 3. The van der Waals surface area contributed by atoms with E-state index in [0.717, 1.165) is 80.1 Å².